The Morgan fingerprint density at radius 3 is 0.938 bits per heavy atom. The molecule has 0 saturated heterocycles. The van der Waals surface area contributed by atoms with Crippen LogP contribution in [0.4, 0.5) is 17.1 Å². The fourth-order valence-electron chi connectivity index (χ4n) is 2.52. The number of benzene rings is 3. The Balaban J connectivity index is 1.88. The van der Waals surface area contributed by atoms with Crippen LogP contribution in [-0.2, 0) is 0 Å². The summed E-state index contributed by atoms with van der Waals surface area (Å²) >= 11 is 0. The Hall–Kier alpha value is -4.31. The van der Waals surface area contributed by atoms with E-state index in [-0.39, 0.29) is 34.3 Å². The Kier molecular flexibility index (Phi) is 6.45. The summed E-state index contributed by atoms with van der Waals surface area (Å²) in [5.74, 6) is 0.653. The largest absolute Gasteiger partial charge is 0.538 e. The van der Waals surface area contributed by atoms with Crippen LogP contribution >= 0.6 is 7.94 Å². The van der Waals surface area contributed by atoms with E-state index in [1.807, 2.05) is 0 Å². The molecule has 0 fully saturated rings. The molecule has 164 valence electrons. The second-order valence-electron chi connectivity index (χ2n) is 6.30. The van der Waals surface area contributed by atoms with Gasteiger partial charge in [-0.3, -0.25) is 43.9 Å². The molecule has 0 aliphatic heterocycles. The van der Waals surface area contributed by atoms with Gasteiger partial charge in [-0.1, -0.05) is 0 Å². The Morgan fingerprint density at radius 1 is 0.531 bits per heavy atom. The molecule has 0 unspecified atom stereocenters. The monoisotopic (exact) mass is 460 g/mol. The lowest BCUT2D eigenvalue weighted by molar-refractivity contribution is -0.385. The van der Waals surface area contributed by atoms with Gasteiger partial charge in [0.05, 0.1) is 14.8 Å². The van der Waals surface area contributed by atoms with Crippen molar-refractivity contribution in [3.63, 3.8) is 0 Å². The molecule has 3 aromatic rings. The Labute approximate surface area is 181 Å². The van der Waals surface area contributed by atoms with Gasteiger partial charge in [0.1, 0.15) is 0 Å². The molecule has 0 amide bonds. The van der Waals surface area contributed by atoms with E-state index in [2.05, 4.69) is 0 Å². The minimum Gasteiger partial charge on any atom is -0.272 e. The van der Waals surface area contributed by atoms with Crippen molar-refractivity contribution in [2.75, 3.05) is 6.66 Å². The third-order valence-electron chi connectivity index (χ3n) is 3.96. The Morgan fingerprint density at radius 2 is 0.750 bits per heavy atom. The van der Waals surface area contributed by atoms with Crippen LogP contribution in [0.1, 0.15) is 0 Å². The molecule has 3 aromatic carbocycles. The summed E-state index contributed by atoms with van der Waals surface area (Å²) in [6.45, 7) is 1.51. The first-order chi connectivity index (χ1) is 15.1. The molecule has 12 nitrogen and oxygen atoms in total. The lowest BCUT2D eigenvalue weighted by Gasteiger charge is -2.19. The van der Waals surface area contributed by atoms with Crippen molar-refractivity contribution in [3.05, 3.63) is 103 Å². The highest BCUT2D eigenvalue weighted by atomic mass is 31.2. The highest BCUT2D eigenvalue weighted by molar-refractivity contribution is 7.62. The maximum atomic E-state index is 10.9. The van der Waals surface area contributed by atoms with Gasteiger partial charge in [0, 0.05) is 36.4 Å². The van der Waals surface area contributed by atoms with E-state index < -0.39 is 22.7 Å². The molecule has 0 heterocycles. The summed E-state index contributed by atoms with van der Waals surface area (Å²) in [6.07, 6.45) is 0. The average Bonchev–Trinajstić information content (AvgIpc) is 2.74. The first-order valence-corrected chi connectivity index (χ1v) is 10.8. The molecule has 0 aliphatic rings. The zero-order chi connectivity index (χ0) is 23.3. The highest BCUT2D eigenvalue weighted by Crippen LogP contribution is 2.57. The van der Waals surface area contributed by atoms with Gasteiger partial charge in [0.25, 0.3) is 17.1 Å². The molecule has 0 N–H and O–H groups in total. The molecule has 13 heteroatoms. The van der Waals surface area contributed by atoms with Gasteiger partial charge in [-0.25, -0.2) is 0 Å². The molecule has 0 atom stereocenters. The zero-order valence-corrected chi connectivity index (χ0v) is 17.3. The number of nitrogens with zero attached hydrogens (tertiary/aromatic N) is 3. The molecule has 0 aliphatic carbocycles. The minimum absolute atomic E-state index is 0.134. The van der Waals surface area contributed by atoms with Crippen LogP contribution in [0.3, 0.4) is 0 Å². The van der Waals surface area contributed by atoms with E-state index in [0.717, 1.165) is 0 Å². The predicted molar refractivity (Wildman–Crippen MR) is 114 cm³/mol. The summed E-state index contributed by atoms with van der Waals surface area (Å²) in [7, 11) is -3.26. The van der Waals surface area contributed by atoms with Crippen LogP contribution in [0.25, 0.3) is 0 Å². The van der Waals surface area contributed by atoms with E-state index in [1.54, 1.807) is 0 Å². The van der Waals surface area contributed by atoms with Crippen LogP contribution in [-0.4, -0.2) is 21.4 Å². The van der Waals surface area contributed by atoms with Gasteiger partial charge in [0.2, 0.25) is 0 Å². The predicted octanol–water partition coefficient (Wildman–Crippen LogP) is 5.34. The number of hydrogen-bond donors (Lipinski definition) is 0. The second-order valence-corrected chi connectivity index (χ2v) is 8.39. The van der Waals surface area contributed by atoms with E-state index in [9.17, 15) is 30.3 Å². The lowest BCUT2D eigenvalue weighted by atomic mass is 10.3. The van der Waals surface area contributed by atoms with E-state index >= 15 is 0 Å². The summed E-state index contributed by atoms with van der Waals surface area (Å²) in [5, 5.41) is 32.6. The molecule has 0 bridgehead atoms. The number of rotatable bonds is 9. The zero-order valence-electron chi connectivity index (χ0n) is 16.4. The van der Waals surface area contributed by atoms with Gasteiger partial charge < -0.3 is 0 Å². The lowest BCUT2D eigenvalue weighted by Crippen LogP contribution is -2.14. The van der Waals surface area contributed by atoms with E-state index in [1.165, 1.54) is 79.5 Å². The summed E-state index contributed by atoms with van der Waals surface area (Å²) < 4.78 is 17.6. The number of nitro groups is 3. The Bertz CT molecular complexity index is 992. The van der Waals surface area contributed by atoms with Crippen LogP contribution < -0.4 is 13.6 Å². The maximum absolute atomic E-state index is 10.9. The van der Waals surface area contributed by atoms with Crippen LogP contribution in [0.15, 0.2) is 72.8 Å². The standard InChI is InChI=1S/C19H15N3O9P/c1-32(29-17-8-2-14(3-9-17)20(23)24,30-18-10-4-15(5-11-18)21(25)26)31-19-12-6-16(7-13-19)22(27)28/h2-13H,1H3/q+1. The van der Waals surface area contributed by atoms with Crippen molar-refractivity contribution in [3.8, 4) is 17.2 Å². The molecule has 3 rings (SSSR count). The number of non-ortho nitro benzene ring substituents is 3. The van der Waals surface area contributed by atoms with Crippen molar-refractivity contribution >= 4 is 25.0 Å². The van der Waals surface area contributed by atoms with E-state index in [4.69, 9.17) is 13.6 Å². The minimum atomic E-state index is -3.26. The summed E-state index contributed by atoms with van der Waals surface area (Å²) in [5.41, 5.74) is -0.403. The normalized spacial score (nSPS) is 10.8. The quantitative estimate of drug-likeness (QED) is 0.233. The molecule has 0 aromatic heterocycles. The summed E-state index contributed by atoms with van der Waals surface area (Å²) in [4.78, 5) is 30.9. The van der Waals surface area contributed by atoms with Gasteiger partial charge in [-0.05, 0) is 36.4 Å². The van der Waals surface area contributed by atoms with Crippen LogP contribution in [0.5, 0.6) is 17.2 Å². The number of nitro benzene ring substituents is 3. The van der Waals surface area contributed by atoms with Crippen molar-refractivity contribution < 1.29 is 28.3 Å². The number of hydrogen-bond acceptors (Lipinski definition) is 9. The smallest absolute Gasteiger partial charge is 0.272 e. The third-order valence-corrected chi connectivity index (χ3v) is 5.58. The first kappa shape index (κ1) is 22.4. The second kappa shape index (κ2) is 9.23. The van der Waals surface area contributed by atoms with E-state index in [0.29, 0.717) is 0 Å². The molecular weight excluding hydrogens is 445 g/mol. The van der Waals surface area contributed by atoms with Crippen LogP contribution in [0.2, 0.25) is 0 Å². The van der Waals surface area contributed by atoms with Crippen molar-refractivity contribution in [2.24, 2.45) is 0 Å². The molecule has 0 saturated carbocycles. The van der Waals surface area contributed by atoms with Crippen molar-refractivity contribution in [1.82, 2.24) is 0 Å². The summed E-state index contributed by atoms with van der Waals surface area (Å²) in [6, 6.07) is 15.7. The van der Waals surface area contributed by atoms with Crippen LogP contribution in [0, 0.1) is 30.3 Å². The van der Waals surface area contributed by atoms with Gasteiger partial charge >= 0.3 is 7.94 Å². The fraction of sp³-hybridized carbons (Fsp3) is 0.0526. The van der Waals surface area contributed by atoms with Gasteiger partial charge in [-0.2, -0.15) is 0 Å². The van der Waals surface area contributed by atoms with Gasteiger partial charge in [-0.15, -0.1) is 0 Å². The molecule has 0 radical (unpaired) electrons. The third kappa shape index (κ3) is 5.64. The highest BCUT2D eigenvalue weighted by Gasteiger charge is 2.44. The van der Waals surface area contributed by atoms with Crippen molar-refractivity contribution in [1.29, 1.82) is 0 Å². The molecule has 0 spiro atoms. The first-order valence-electron chi connectivity index (χ1n) is 8.84. The SMILES string of the molecule is C[P+](Oc1ccc([N+](=O)[O-])cc1)(Oc1ccc([N+](=O)[O-])cc1)Oc1ccc([N+](=O)[O-])cc1. The molecular formula is C19H15N3O9P+. The van der Waals surface area contributed by atoms with Gasteiger partial charge in [0.15, 0.2) is 23.9 Å². The fourth-order valence-corrected chi connectivity index (χ4v) is 4.14. The molecule has 32 heavy (non-hydrogen) atoms. The average molecular weight is 460 g/mol. The maximum Gasteiger partial charge on any atom is 0.538 e. The topological polar surface area (TPSA) is 157 Å². The van der Waals surface area contributed by atoms with Crippen molar-refractivity contribution in [2.45, 2.75) is 0 Å².